The molecule has 1 saturated heterocycles. The highest BCUT2D eigenvalue weighted by atomic mass is 32.1. The highest BCUT2D eigenvalue weighted by Crippen LogP contribution is 2.27. The molecule has 1 aromatic heterocycles. The third-order valence-corrected chi connectivity index (χ3v) is 4.22. The fourth-order valence-corrected chi connectivity index (χ4v) is 3.22. The average molecular weight is 267 g/mol. The van der Waals surface area contributed by atoms with Crippen molar-refractivity contribution in [1.82, 2.24) is 15.5 Å². The Morgan fingerprint density at radius 1 is 1.44 bits per heavy atom. The molecule has 0 spiro atoms. The molecule has 1 aliphatic rings. The molecule has 0 aromatic carbocycles. The second-order valence-electron chi connectivity index (χ2n) is 4.51. The summed E-state index contributed by atoms with van der Waals surface area (Å²) in [5.41, 5.74) is 0. The lowest BCUT2D eigenvalue weighted by Gasteiger charge is -2.26. The Bertz CT molecular complexity index is 360. The van der Waals surface area contributed by atoms with Gasteiger partial charge in [0.2, 0.25) is 0 Å². The molecule has 0 bridgehead atoms. The van der Waals surface area contributed by atoms with Gasteiger partial charge in [0.1, 0.15) is 0 Å². The molecule has 2 amide bonds. The lowest BCUT2D eigenvalue weighted by Crippen LogP contribution is -2.41. The molecule has 4 nitrogen and oxygen atoms in total. The summed E-state index contributed by atoms with van der Waals surface area (Å²) in [5, 5.41) is 7.84. The quantitative estimate of drug-likeness (QED) is 0.859. The maximum atomic E-state index is 11.5. The number of nitrogens with one attached hydrogen (secondary N) is 2. The van der Waals surface area contributed by atoms with Crippen molar-refractivity contribution in [3.8, 4) is 0 Å². The van der Waals surface area contributed by atoms with Crippen LogP contribution >= 0.6 is 11.3 Å². The van der Waals surface area contributed by atoms with Gasteiger partial charge in [-0.3, -0.25) is 4.90 Å². The first-order valence-corrected chi connectivity index (χ1v) is 7.48. The normalized spacial score (nSPS) is 17.6. The van der Waals surface area contributed by atoms with Crippen molar-refractivity contribution in [2.45, 2.75) is 25.8 Å². The second-order valence-corrected chi connectivity index (χ2v) is 5.49. The largest absolute Gasteiger partial charge is 0.338 e. The minimum atomic E-state index is -0.0711. The smallest absolute Gasteiger partial charge is 0.314 e. The molecule has 2 N–H and O–H groups in total. The Labute approximate surface area is 112 Å². The Kier molecular flexibility index (Phi) is 5.01. The van der Waals surface area contributed by atoms with Crippen molar-refractivity contribution in [3.05, 3.63) is 22.4 Å². The predicted molar refractivity (Wildman–Crippen MR) is 74.9 cm³/mol. The van der Waals surface area contributed by atoms with Gasteiger partial charge in [-0.1, -0.05) is 6.07 Å². The number of nitrogens with zero attached hydrogens (tertiary/aromatic N) is 1. The van der Waals surface area contributed by atoms with Gasteiger partial charge in [0, 0.05) is 18.0 Å². The predicted octanol–water partition coefficient (Wildman–Crippen LogP) is 2.20. The van der Waals surface area contributed by atoms with E-state index < -0.39 is 0 Å². The van der Waals surface area contributed by atoms with Crippen molar-refractivity contribution in [1.29, 1.82) is 0 Å². The van der Waals surface area contributed by atoms with E-state index in [4.69, 9.17) is 0 Å². The van der Waals surface area contributed by atoms with E-state index in [0.29, 0.717) is 19.1 Å². The number of urea groups is 1. The van der Waals surface area contributed by atoms with Crippen LogP contribution < -0.4 is 10.6 Å². The first kappa shape index (κ1) is 13.4. The standard InChI is InChI=1S/C13H21N3OS/c1-2-14-13(17)15-10-11(12-6-5-9-18-12)16-7-3-4-8-16/h5-6,9,11H,2-4,7-8,10H2,1H3,(H2,14,15,17). The molecule has 2 heterocycles. The van der Waals surface area contributed by atoms with Crippen LogP contribution in [0.3, 0.4) is 0 Å². The van der Waals surface area contributed by atoms with Gasteiger partial charge in [0.25, 0.3) is 0 Å². The van der Waals surface area contributed by atoms with E-state index in [1.54, 1.807) is 11.3 Å². The zero-order valence-electron chi connectivity index (χ0n) is 10.8. The van der Waals surface area contributed by atoms with E-state index >= 15 is 0 Å². The minimum absolute atomic E-state index is 0.0711. The number of carbonyl (C=O) groups is 1. The van der Waals surface area contributed by atoms with Crippen LogP contribution in [-0.2, 0) is 0 Å². The first-order chi connectivity index (χ1) is 8.81. The molecule has 5 heteroatoms. The molecular weight excluding hydrogens is 246 g/mol. The first-order valence-electron chi connectivity index (χ1n) is 6.60. The number of rotatable bonds is 5. The summed E-state index contributed by atoms with van der Waals surface area (Å²) in [7, 11) is 0. The maximum absolute atomic E-state index is 11.5. The van der Waals surface area contributed by atoms with E-state index in [0.717, 1.165) is 13.1 Å². The SMILES string of the molecule is CCNC(=O)NCC(c1cccs1)N1CCCC1. The number of carbonyl (C=O) groups excluding carboxylic acids is 1. The van der Waals surface area contributed by atoms with Crippen molar-refractivity contribution in [2.24, 2.45) is 0 Å². The van der Waals surface area contributed by atoms with E-state index in [-0.39, 0.29) is 6.03 Å². The topological polar surface area (TPSA) is 44.4 Å². The van der Waals surface area contributed by atoms with Crippen molar-refractivity contribution in [2.75, 3.05) is 26.2 Å². The Morgan fingerprint density at radius 3 is 2.83 bits per heavy atom. The van der Waals surface area contributed by atoms with E-state index in [9.17, 15) is 4.79 Å². The molecule has 100 valence electrons. The molecule has 0 saturated carbocycles. The molecule has 0 aliphatic carbocycles. The summed E-state index contributed by atoms with van der Waals surface area (Å²) >= 11 is 1.77. The molecular formula is C13H21N3OS. The molecule has 2 rings (SSSR count). The minimum Gasteiger partial charge on any atom is -0.338 e. The second kappa shape index (κ2) is 6.75. The highest BCUT2D eigenvalue weighted by Gasteiger charge is 2.24. The molecule has 1 aliphatic heterocycles. The van der Waals surface area contributed by atoms with Gasteiger partial charge in [-0.2, -0.15) is 0 Å². The van der Waals surface area contributed by atoms with Gasteiger partial charge in [-0.05, 0) is 44.3 Å². The van der Waals surface area contributed by atoms with Crippen LogP contribution in [0.5, 0.6) is 0 Å². The highest BCUT2D eigenvalue weighted by molar-refractivity contribution is 7.10. The number of amides is 2. The zero-order valence-corrected chi connectivity index (χ0v) is 11.6. The van der Waals surface area contributed by atoms with Crippen LogP contribution in [0.2, 0.25) is 0 Å². The molecule has 0 radical (unpaired) electrons. The average Bonchev–Trinajstić information content (AvgIpc) is 3.02. The van der Waals surface area contributed by atoms with Crippen LogP contribution in [0.1, 0.15) is 30.7 Å². The molecule has 1 fully saturated rings. The summed E-state index contributed by atoms with van der Waals surface area (Å²) in [5.74, 6) is 0. The molecule has 1 atom stereocenters. The molecule has 1 aromatic rings. The maximum Gasteiger partial charge on any atom is 0.314 e. The van der Waals surface area contributed by atoms with Gasteiger partial charge < -0.3 is 10.6 Å². The number of thiophene rings is 1. The van der Waals surface area contributed by atoms with Gasteiger partial charge in [-0.15, -0.1) is 11.3 Å². The van der Waals surface area contributed by atoms with Crippen molar-refractivity contribution in [3.63, 3.8) is 0 Å². The van der Waals surface area contributed by atoms with Gasteiger partial charge in [0.05, 0.1) is 6.04 Å². The number of hydrogen-bond donors (Lipinski definition) is 2. The van der Waals surface area contributed by atoms with E-state index in [1.807, 2.05) is 6.92 Å². The summed E-state index contributed by atoms with van der Waals surface area (Å²) in [4.78, 5) is 15.3. The molecule has 18 heavy (non-hydrogen) atoms. The number of likely N-dealkylation sites (tertiary alicyclic amines) is 1. The van der Waals surface area contributed by atoms with Gasteiger partial charge in [0.15, 0.2) is 0 Å². The monoisotopic (exact) mass is 267 g/mol. The fraction of sp³-hybridized carbons (Fsp3) is 0.615. The third kappa shape index (κ3) is 3.46. The van der Waals surface area contributed by atoms with Crippen LogP contribution in [0.4, 0.5) is 4.79 Å². The Morgan fingerprint density at radius 2 is 2.22 bits per heavy atom. The van der Waals surface area contributed by atoms with Crippen LogP contribution in [-0.4, -0.2) is 37.1 Å². The van der Waals surface area contributed by atoms with Crippen LogP contribution in [0.15, 0.2) is 17.5 Å². The zero-order chi connectivity index (χ0) is 12.8. The molecule has 1 unspecified atom stereocenters. The Hall–Kier alpha value is -1.07. The van der Waals surface area contributed by atoms with Crippen molar-refractivity contribution < 1.29 is 4.79 Å². The van der Waals surface area contributed by atoms with Crippen LogP contribution in [0.25, 0.3) is 0 Å². The summed E-state index contributed by atoms with van der Waals surface area (Å²) in [6.07, 6.45) is 2.53. The van der Waals surface area contributed by atoms with E-state index in [2.05, 4.69) is 33.0 Å². The summed E-state index contributed by atoms with van der Waals surface area (Å²) < 4.78 is 0. The fourth-order valence-electron chi connectivity index (χ4n) is 2.36. The summed E-state index contributed by atoms with van der Waals surface area (Å²) in [6.45, 7) is 5.56. The third-order valence-electron chi connectivity index (χ3n) is 3.25. The summed E-state index contributed by atoms with van der Waals surface area (Å²) in [6, 6.07) is 4.50. The lowest BCUT2D eigenvalue weighted by molar-refractivity contribution is 0.222. The van der Waals surface area contributed by atoms with Gasteiger partial charge >= 0.3 is 6.03 Å². The van der Waals surface area contributed by atoms with E-state index in [1.165, 1.54) is 17.7 Å². The Balaban J connectivity index is 1.94. The van der Waals surface area contributed by atoms with Gasteiger partial charge in [-0.25, -0.2) is 4.79 Å². The van der Waals surface area contributed by atoms with Crippen molar-refractivity contribution >= 4 is 17.4 Å². The number of hydrogen-bond acceptors (Lipinski definition) is 3. The van der Waals surface area contributed by atoms with Crippen LogP contribution in [0, 0.1) is 0 Å². The lowest BCUT2D eigenvalue weighted by atomic mass is 10.2.